The van der Waals surface area contributed by atoms with Gasteiger partial charge in [-0.1, -0.05) is 0 Å². The summed E-state index contributed by atoms with van der Waals surface area (Å²) in [5.74, 6) is 0.191. The first-order chi connectivity index (χ1) is 14.0. The molecule has 1 atom stereocenters. The van der Waals surface area contributed by atoms with Crippen LogP contribution < -0.4 is 10.6 Å². The first-order valence-corrected chi connectivity index (χ1v) is 9.54. The van der Waals surface area contributed by atoms with Gasteiger partial charge in [0, 0.05) is 30.3 Å². The van der Waals surface area contributed by atoms with Gasteiger partial charge in [-0.3, -0.25) is 0 Å². The van der Waals surface area contributed by atoms with Crippen molar-refractivity contribution < 1.29 is 23.0 Å². The number of guanidine groups is 1. The monoisotopic (exact) mass is 409 g/mol. The molecule has 0 saturated carbocycles. The first-order valence-electron chi connectivity index (χ1n) is 9.54. The second-order valence-corrected chi connectivity index (χ2v) is 6.98. The number of aromatic amines is 1. The number of pyridine rings is 1. The molecular formula is C19H22F3N5O2. The molecule has 0 bridgehead atoms. The maximum atomic E-state index is 13.6. The van der Waals surface area contributed by atoms with Gasteiger partial charge in [0.25, 0.3) is 0 Å². The zero-order chi connectivity index (χ0) is 20.4. The average Bonchev–Trinajstić information content (AvgIpc) is 3.15. The molecule has 2 aromatic heterocycles. The minimum atomic E-state index is -4.53. The van der Waals surface area contributed by atoms with Crippen LogP contribution in [-0.4, -0.2) is 53.5 Å². The van der Waals surface area contributed by atoms with Crippen molar-refractivity contribution in [1.29, 1.82) is 0 Å². The number of nitrogens with zero attached hydrogens (tertiary/aromatic N) is 2. The second kappa shape index (κ2) is 8.03. The minimum Gasteiger partial charge on any atom is -0.395 e. The van der Waals surface area contributed by atoms with Crippen LogP contribution >= 0.6 is 0 Å². The molecule has 2 aliphatic rings. The van der Waals surface area contributed by atoms with Crippen molar-refractivity contribution in [3.8, 4) is 0 Å². The van der Waals surface area contributed by atoms with Crippen LogP contribution in [0.25, 0.3) is 16.7 Å². The third-order valence-electron chi connectivity index (χ3n) is 5.03. The van der Waals surface area contributed by atoms with Gasteiger partial charge in [-0.25, -0.2) is 9.98 Å². The van der Waals surface area contributed by atoms with Crippen LogP contribution in [-0.2, 0) is 4.74 Å². The molecule has 4 rings (SSSR count). The van der Waals surface area contributed by atoms with E-state index in [1.54, 1.807) is 6.07 Å². The summed E-state index contributed by atoms with van der Waals surface area (Å²) in [6, 6.07) is 3.59. The number of ether oxygens (including phenoxy) is 1. The molecule has 1 unspecified atom stereocenters. The van der Waals surface area contributed by atoms with Crippen LogP contribution in [0.2, 0.25) is 0 Å². The maximum absolute atomic E-state index is 13.6. The van der Waals surface area contributed by atoms with Crippen LogP contribution in [0, 0.1) is 0 Å². The zero-order valence-corrected chi connectivity index (χ0v) is 15.6. The Labute approximate surface area is 165 Å². The van der Waals surface area contributed by atoms with E-state index >= 15 is 0 Å². The van der Waals surface area contributed by atoms with Gasteiger partial charge in [-0.2, -0.15) is 13.2 Å². The Balaban J connectivity index is 1.69. The molecule has 0 radical (unpaired) electrons. The van der Waals surface area contributed by atoms with Crippen molar-refractivity contribution in [3.63, 3.8) is 0 Å². The van der Waals surface area contributed by atoms with Gasteiger partial charge in [0.05, 0.1) is 36.2 Å². The normalized spacial score (nSPS) is 20.6. The van der Waals surface area contributed by atoms with Gasteiger partial charge in [-0.15, -0.1) is 0 Å². The number of hydrogen-bond acceptors (Lipinski definition) is 6. The molecule has 10 heteroatoms. The fraction of sp³-hybridized carbons (Fsp3) is 0.474. The van der Waals surface area contributed by atoms with E-state index in [2.05, 4.69) is 25.6 Å². The Kier molecular flexibility index (Phi) is 5.46. The number of fused-ring (bicyclic) bond motifs is 1. The second-order valence-electron chi connectivity index (χ2n) is 6.98. The molecule has 2 aliphatic heterocycles. The quantitative estimate of drug-likeness (QED) is 0.623. The van der Waals surface area contributed by atoms with E-state index in [0.717, 1.165) is 25.0 Å². The summed E-state index contributed by atoms with van der Waals surface area (Å²) >= 11 is 0. The van der Waals surface area contributed by atoms with Crippen LogP contribution in [0.3, 0.4) is 0 Å². The number of halogens is 3. The van der Waals surface area contributed by atoms with Crippen molar-refractivity contribution in [1.82, 2.24) is 20.6 Å². The molecule has 2 aromatic rings. The average molecular weight is 409 g/mol. The van der Waals surface area contributed by atoms with E-state index in [9.17, 15) is 13.2 Å². The van der Waals surface area contributed by atoms with E-state index in [4.69, 9.17) is 9.84 Å². The zero-order valence-electron chi connectivity index (χ0n) is 15.6. The lowest BCUT2D eigenvalue weighted by Gasteiger charge is -2.24. The van der Waals surface area contributed by atoms with Crippen molar-refractivity contribution in [2.24, 2.45) is 4.99 Å². The van der Waals surface area contributed by atoms with Crippen molar-refractivity contribution >= 4 is 22.7 Å². The Morgan fingerprint density at radius 1 is 1.28 bits per heavy atom. The molecule has 1 saturated heterocycles. The molecule has 4 N–H and O–H groups in total. The fourth-order valence-corrected chi connectivity index (χ4v) is 3.59. The summed E-state index contributed by atoms with van der Waals surface area (Å²) in [4.78, 5) is 11.5. The number of aliphatic hydroxyl groups is 1. The standard InChI is InChI=1S/C19H22F3N5O2/c20-19(21,22)13-10-25-18(23-6-7-28)27-16(13)12-9-24-17-11(12)4-5-14(26-17)15-3-1-2-8-29-15/h4-5,9,15,28H,1-3,6-8,10H2,(H,24,26)(H2,23,25,27). The van der Waals surface area contributed by atoms with Crippen LogP contribution in [0.15, 0.2) is 28.9 Å². The van der Waals surface area contributed by atoms with E-state index in [1.165, 1.54) is 6.20 Å². The van der Waals surface area contributed by atoms with E-state index in [0.29, 0.717) is 23.2 Å². The third-order valence-corrected chi connectivity index (χ3v) is 5.03. The van der Waals surface area contributed by atoms with Gasteiger partial charge in [0.2, 0.25) is 0 Å². The number of nitrogens with one attached hydrogen (secondary N) is 3. The summed E-state index contributed by atoms with van der Waals surface area (Å²) in [7, 11) is 0. The summed E-state index contributed by atoms with van der Waals surface area (Å²) in [6.07, 6.45) is -0.116. The van der Waals surface area contributed by atoms with Gasteiger partial charge in [-0.05, 0) is 31.4 Å². The van der Waals surface area contributed by atoms with Gasteiger partial charge < -0.3 is 25.5 Å². The Hall–Kier alpha value is -2.59. The molecular weight excluding hydrogens is 387 g/mol. The number of hydrogen-bond donors (Lipinski definition) is 4. The molecule has 0 amide bonds. The van der Waals surface area contributed by atoms with Crippen molar-refractivity contribution in [2.45, 2.75) is 31.5 Å². The number of aliphatic imine (C=N–C) groups is 1. The molecule has 156 valence electrons. The predicted octanol–water partition coefficient (Wildman–Crippen LogP) is 2.62. The lowest BCUT2D eigenvalue weighted by Crippen LogP contribution is -2.42. The number of H-pyrrole nitrogens is 1. The topological polar surface area (TPSA) is 94.6 Å². The van der Waals surface area contributed by atoms with Gasteiger partial charge in [0.1, 0.15) is 5.65 Å². The summed E-state index contributed by atoms with van der Waals surface area (Å²) in [5.41, 5.74) is 0.832. The SMILES string of the molecule is OCCNC1=NCC(C(F)(F)F)=C(c2c[nH]c3nc(C4CCCCO4)ccc23)N1. The fourth-order valence-electron chi connectivity index (χ4n) is 3.59. The highest BCUT2D eigenvalue weighted by molar-refractivity contribution is 5.98. The molecule has 4 heterocycles. The first kappa shape index (κ1) is 19.7. The maximum Gasteiger partial charge on any atom is 0.416 e. The van der Waals surface area contributed by atoms with Crippen LogP contribution in [0.1, 0.15) is 36.6 Å². The number of aliphatic hydroxyl groups excluding tert-OH is 1. The Bertz CT molecular complexity index is 945. The lowest BCUT2D eigenvalue weighted by atomic mass is 10.0. The minimum absolute atomic E-state index is 0.0670. The predicted molar refractivity (Wildman–Crippen MR) is 102 cm³/mol. The van der Waals surface area contributed by atoms with Gasteiger partial charge >= 0.3 is 6.18 Å². The molecule has 7 nitrogen and oxygen atoms in total. The lowest BCUT2D eigenvalue weighted by molar-refractivity contribution is -0.0918. The largest absolute Gasteiger partial charge is 0.416 e. The summed E-state index contributed by atoms with van der Waals surface area (Å²) in [6.45, 7) is 0.207. The molecule has 29 heavy (non-hydrogen) atoms. The third kappa shape index (κ3) is 4.08. The Morgan fingerprint density at radius 2 is 2.14 bits per heavy atom. The number of aromatic nitrogens is 2. The molecule has 0 spiro atoms. The summed E-state index contributed by atoms with van der Waals surface area (Å²) < 4.78 is 46.6. The smallest absolute Gasteiger partial charge is 0.395 e. The highest BCUT2D eigenvalue weighted by Crippen LogP contribution is 2.36. The van der Waals surface area contributed by atoms with E-state index in [-0.39, 0.29) is 30.9 Å². The number of alkyl halides is 3. The molecule has 0 aliphatic carbocycles. The molecule has 0 aromatic carbocycles. The van der Waals surface area contributed by atoms with Crippen LogP contribution in [0.4, 0.5) is 13.2 Å². The van der Waals surface area contributed by atoms with E-state index < -0.39 is 18.3 Å². The highest BCUT2D eigenvalue weighted by atomic mass is 19.4. The van der Waals surface area contributed by atoms with Crippen molar-refractivity contribution in [2.75, 3.05) is 26.3 Å². The van der Waals surface area contributed by atoms with Crippen LogP contribution in [0.5, 0.6) is 0 Å². The molecule has 1 fully saturated rings. The van der Waals surface area contributed by atoms with Gasteiger partial charge in [0.15, 0.2) is 5.96 Å². The Morgan fingerprint density at radius 3 is 2.86 bits per heavy atom. The summed E-state index contributed by atoms with van der Waals surface area (Å²) in [5, 5.41) is 15.0. The highest BCUT2D eigenvalue weighted by Gasteiger charge is 2.39. The van der Waals surface area contributed by atoms with E-state index in [1.807, 2.05) is 6.07 Å². The van der Waals surface area contributed by atoms with Crippen molar-refractivity contribution in [3.05, 3.63) is 35.2 Å². The number of rotatable bonds is 4.